The Morgan fingerprint density at radius 2 is 1.60 bits per heavy atom. The molecule has 0 aliphatic rings. The Hall–Kier alpha value is -3.27. The third-order valence-electron chi connectivity index (χ3n) is 6.48. The molecule has 0 aromatic heterocycles. The molecule has 214 valence electrons. The van der Waals surface area contributed by atoms with E-state index in [0.29, 0.717) is 12.2 Å². The molecule has 3 aromatic carbocycles. The number of carbonyl (C=O) groups excluding carboxylic acids is 2. The molecule has 0 radical (unpaired) electrons. The van der Waals surface area contributed by atoms with E-state index in [1.165, 1.54) is 35.2 Å². The average Bonchev–Trinajstić information content (AvgIpc) is 2.96. The van der Waals surface area contributed by atoms with E-state index in [4.69, 9.17) is 27.9 Å². The highest BCUT2D eigenvalue weighted by molar-refractivity contribution is 7.92. The fourth-order valence-corrected chi connectivity index (χ4v) is 5.58. The molecule has 3 rings (SSSR count). The van der Waals surface area contributed by atoms with Gasteiger partial charge in [-0.3, -0.25) is 13.9 Å². The number of nitrogens with one attached hydrogen (secondary N) is 1. The van der Waals surface area contributed by atoms with Crippen molar-refractivity contribution < 1.29 is 22.7 Å². The zero-order valence-electron chi connectivity index (χ0n) is 22.8. The first-order valence-electron chi connectivity index (χ1n) is 12.7. The molecule has 3 aromatic rings. The minimum atomic E-state index is -4.20. The Balaban J connectivity index is 2.03. The maximum absolute atomic E-state index is 13.9. The number of nitrogens with zero attached hydrogens (tertiary/aromatic N) is 2. The highest BCUT2D eigenvalue weighted by atomic mass is 35.5. The fraction of sp³-hybridized carbons (Fsp3) is 0.310. The van der Waals surface area contributed by atoms with Crippen LogP contribution in [0.3, 0.4) is 0 Å². The standard InChI is InChI=1S/C29H33Cl2N3O5S/c1-5-20(2)32-29(36)21(3)33(18-22-11-14-24(39-4)15-12-22)28(35)19-34(23-13-16-26(30)27(31)17-23)40(37,38)25-9-7-6-8-10-25/h6-17,20-21H,5,18-19H2,1-4H3,(H,32,36). The molecule has 0 fully saturated rings. The number of hydrogen-bond donors (Lipinski definition) is 1. The van der Waals surface area contributed by atoms with Gasteiger partial charge in [-0.1, -0.05) is 60.5 Å². The summed E-state index contributed by atoms with van der Waals surface area (Å²) in [5, 5.41) is 3.28. The highest BCUT2D eigenvalue weighted by Crippen LogP contribution is 2.31. The molecule has 0 saturated heterocycles. The van der Waals surface area contributed by atoms with Crippen molar-refractivity contribution in [1.29, 1.82) is 0 Å². The minimum absolute atomic E-state index is 0.00172. The van der Waals surface area contributed by atoms with Gasteiger partial charge in [0.2, 0.25) is 11.8 Å². The number of sulfonamides is 1. The van der Waals surface area contributed by atoms with Gasteiger partial charge >= 0.3 is 0 Å². The first-order chi connectivity index (χ1) is 19.0. The van der Waals surface area contributed by atoms with E-state index in [1.54, 1.807) is 56.5 Å². The van der Waals surface area contributed by atoms with Crippen molar-refractivity contribution in [3.63, 3.8) is 0 Å². The first kappa shape index (κ1) is 31.3. The van der Waals surface area contributed by atoms with Crippen molar-refractivity contribution in [2.75, 3.05) is 18.0 Å². The molecule has 40 heavy (non-hydrogen) atoms. The van der Waals surface area contributed by atoms with Gasteiger partial charge in [-0.05, 0) is 68.3 Å². The van der Waals surface area contributed by atoms with Crippen LogP contribution in [0.1, 0.15) is 32.8 Å². The van der Waals surface area contributed by atoms with E-state index in [9.17, 15) is 18.0 Å². The van der Waals surface area contributed by atoms with Gasteiger partial charge in [0.25, 0.3) is 10.0 Å². The van der Waals surface area contributed by atoms with Crippen molar-refractivity contribution in [2.45, 2.75) is 50.7 Å². The van der Waals surface area contributed by atoms with Gasteiger partial charge in [-0.2, -0.15) is 0 Å². The van der Waals surface area contributed by atoms with E-state index in [2.05, 4.69) is 5.32 Å². The lowest BCUT2D eigenvalue weighted by Crippen LogP contribution is -2.52. The fourth-order valence-electron chi connectivity index (χ4n) is 3.86. The predicted molar refractivity (Wildman–Crippen MR) is 158 cm³/mol. The van der Waals surface area contributed by atoms with Crippen LogP contribution in [0.4, 0.5) is 5.69 Å². The number of benzene rings is 3. The summed E-state index contributed by atoms with van der Waals surface area (Å²) in [6.07, 6.45) is 0.714. The summed E-state index contributed by atoms with van der Waals surface area (Å²) in [6.45, 7) is 4.93. The Bertz CT molecular complexity index is 1420. The number of halogens is 2. The van der Waals surface area contributed by atoms with Crippen LogP contribution >= 0.6 is 23.2 Å². The summed E-state index contributed by atoms with van der Waals surface area (Å²) in [7, 11) is -2.64. The van der Waals surface area contributed by atoms with Crippen LogP contribution in [-0.4, -0.2) is 50.9 Å². The monoisotopic (exact) mass is 605 g/mol. The lowest BCUT2D eigenvalue weighted by Gasteiger charge is -2.32. The number of anilines is 1. The van der Waals surface area contributed by atoms with Crippen molar-refractivity contribution in [1.82, 2.24) is 10.2 Å². The zero-order valence-corrected chi connectivity index (χ0v) is 25.1. The summed E-state index contributed by atoms with van der Waals surface area (Å²) >= 11 is 12.3. The predicted octanol–water partition coefficient (Wildman–Crippen LogP) is 5.53. The quantitative estimate of drug-likeness (QED) is 0.293. The Morgan fingerprint density at radius 3 is 2.17 bits per heavy atom. The number of amides is 2. The van der Waals surface area contributed by atoms with Crippen LogP contribution in [0.2, 0.25) is 10.0 Å². The maximum atomic E-state index is 13.9. The van der Waals surface area contributed by atoms with Crippen molar-refractivity contribution in [3.8, 4) is 5.75 Å². The van der Waals surface area contributed by atoms with Gasteiger partial charge in [0.1, 0.15) is 18.3 Å². The van der Waals surface area contributed by atoms with E-state index in [-0.39, 0.29) is 39.1 Å². The topological polar surface area (TPSA) is 96.0 Å². The molecule has 11 heteroatoms. The normalized spacial score (nSPS) is 12.8. The van der Waals surface area contributed by atoms with E-state index < -0.39 is 28.5 Å². The Kier molecular flexibility index (Phi) is 10.8. The molecule has 2 unspecified atom stereocenters. The third kappa shape index (κ3) is 7.68. The van der Waals surface area contributed by atoms with Crippen molar-refractivity contribution in [2.24, 2.45) is 0 Å². The number of carbonyl (C=O) groups is 2. The van der Waals surface area contributed by atoms with Gasteiger partial charge in [0.05, 0.1) is 27.7 Å². The number of rotatable bonds is 12. The first-order valence-corrected chi connectivity index (χ1v) is 14.9. The zero-order chi connectivity index (χ0) is 29.4. The smallest absolute Gasteiger partial charge is 0.264 e. The van der Waals surface area contributed by atoms with Crippen LogP contribution in [-0.2, 0) is 26.2 Å². The summed E-state index contributed by atoms with van der Waals surface area (Å²) in [6, 6.07) is 18.2. The lowest BCUT2D eigenvalue weighted by molar-refractivity contribution is -0.139. The molecule has 8 nitrogen and oxygen atoms in total. The molecule has 1 N–H and O–H groups in total. The maximum Gasteiger partial charge on any atom is 0.264 e. The number of ether oxygens (including phenoxy) is 1. The third-order valence-corrected chi connectivity index (χ3v) is 9.01. The molecule has 2 amide bonds. The van der Waals surface area contributed by atoms with E-state index in [1.807, 2.05) is 13.8 Å². The average molecular weight is 607 g/mol. The summed E-state index contributed by atoms with van der Waals surface area (Å²) < 4.78 is 33.8. The van der Waals surface area contributed by atoms with Crippen molar-refractivity contribution >= 4 is 50.7 Å². The van der Waals surface area contributed by atoms with Crippen LogP contribution in [0.5, 0.6) is 5.75 Å². The second-order valence-electron chi connectivity index (χ2n) is 9.29. The summed E-state index contributed by atoms with van der Waals surface area (Å²) in [5.41, 5.74) is 0.900. The van der Waals surface area contributed by atoms with Crippen LogP contribution in [0.25, 0.3) is 0 Å². The van der Waals surface area contributed by atoms with Crippen LogP contribution in [0.15, 0.2) is 77.7 Å². The lowest BCUT2D eigenvalue weighted by atomic mass is 10.1. The SMILES string of the molecule is CCC(C)NC(=O)C(C)N(Cc1ccc(OC)cc1)C(=O)CN(c1ccc(Cl)c(Cl)c1)S(=O)(=O)c1ccccc1. The molecular formula is C29H33Cl2N3O5S. The summed E-state index contributed by atoms with van der Waals surface area (Å²) in [4.78, 5) is 28.4. The van der Waals surface area contributed by atoms with Gasteiger partial charge in [0, 0.05) is 12.6 Å². The highest BCUT2D eigenvalue weighted by Gasteiger charge is 2.33. The molecule has 0 spiro atoms. The van der Waals surface area contributed by atoms with Crippen molar-refractivity contribution in [3.05, 3.63) is 88.4 Å². The second-order valence-corrected chi connectivity index (χ2v) is 12.0. The Labute approximate surface area is 245 Å². The largest absolute Gasteiger partial charge is 0.497 e. The minimum Gasteiger partial charge on any atom is -0.497 e. The second kappa shape index (κ2) is 13.9. The van der Waals surface area contributed by atoms with Crippen LogP contribution in [0, 0.1) is 0 Å². The van der Waals surface area contributed by atoms with E-state index in [0.717, 1.165) is 9.87 Å². The molecule has 0 saturated carbocycles. The molecule has 0 heterocycles. The number of methoxy groups -OCH3 is 1. The van der Waals surface area contributed by atoms with Gasteiger partial charge in [-0.25, -0.2) is 8.42 Å². The van der Waals surface area contributed by atoms with Gasteiger partial charge in [-0.15, -0.1) is 0 Å². The molecule has 0 aliphatic carbocycles. The molecule has 2 atom stereocenters. The van der Waals surface area contributed by atoms with Crippen LogP contribution < -0.4 is 14.4 Å². The molecule has 0 aliphatic heterocycles. The Morgan fingerprint density at radius 1 is 0.950 bits per heavy atom. The molecular weight excluding hydrogens is 573 g/mol. The summed E-state index contributed by atoms with van der Waals surface area (Å²) in [5.74, 6) is -0.277. The van der Waals surface area contributed by atoms with Gasteiger partial charge < -0.3 is 15.0 Å². The van der Waals surface area contributed by atoms with Gasteiger partial charge in [0.15, 0.2) is 0 Å². The molecule has 0 bridgehead atoms. The number of hydrogen-bond acceptors (Lipinski definition) is 5. The van der Waals surface area contributed by atoms with E-state index >= 15 is 0 Å².